The molecule has 0 saturated carbocycles. The quantitative estimate of drug-likeness (QED) is 0.843. The van der Waals surface area contributed by atoms with E-state index in [9.17, 15) is 4.79 Å². The van der Waals surface area contributed by atoms with Gasteiger partial charge in [0.05, 0.1) is 10.0 Å². The van der Waals surface area contributed by atoms with Gasteiger partial charge in [-0.2, -0.15) is 0 Å². The number of piperazine rings is 1. The lowest BCUT2D eigenvalue weighted by atomic mass is 10.2. The van der Waals surface area contributed by atoms with Gasteiger partial charge in [0.1, 0.15) is 6.61 Å². The Bertz CT molecular complexity index is 718. The topological polar surface area (TPSA) is 67.6 Å². The van der Waals surface area contributed by atoms with Gasteiger partial charge in [0.2, 0.25) is 0 Å². The fourth-order valence-corrected chi connectivity index (χ4v) is 3.04. The number of halogens is 3. The van der Waals surface area contributed by atoms with Gasteiger partial charge in [0.15, 0.2) is 17.2 Å². The van der Waals surface area contributed by atoms with Crippen LogP contribution in [0.2, 0.25) is 10.0 Å². The second kappa shape index (κ2) is 8.76. The van der Waals surface area contributed by atoms with E-state index in [0.29, 0.717) is 28.1 Å². The molecule has 1 amide bonds. The number of hydrogen-bond acceptors (Lipinski definition) is 5. The molecule has 1 aliphatic heterocycles. The predicted octanol–water partition coefficient (Wildman–Crippen LogP) is 3.42. The van der Waals surface area contributed by atoms with Crippen molar-refractivity contribution in [3.63, 3.8) is 0 Å². The van der Waals surface area contributed by atoms with E-state index in [0.717, 1.165) is 13.1 Å². The van der Waals surface area contributed by atoms with Crippen LogP contribution < -0.4 is 10.1 Å². The van der Waals surface area contributed by atoms with Crippen molar-refractivity contribution in [3.05, 3.63) is 45.8 Å². The summed E-state index contributed by atoms with van der Waals surface area (Å²) < 4.78 is 10.8. The van der Waals surface area contributed by atoms with Crippen molar-refractivity contribution in [1.82, 2.24) is 15.4 Å². The molecule has 0 spiro atoms. The van der Waals surface area contributed by atoms with Crippen molar-refractivity contribution in [3.8, 4) is 5.75 Å². The molecule has 6 nitrogen and oxygen atoms in total. The van der Waals surface area contributed by atoms with E-state index in [1.54, 1.807) is 29.2 Å². The molecule has 1 atom stereocenters. The molecule has 2 heterocycles. The van der Waals surface area contributed by atoms with E-state index in [4.69, 9.17) is 32.5 Å². The van der Waals surface area contributed by atoms with Crippen LogP contribution in [0.4, 0.5) is 0 Å². The minimum Gasteiger partial charge on any atom is -0.482 e. The predicted molar refractivity (Wildman–Crippen MR) is 97.9 cm³/mol. The van der Waals surface area contributed by atoms with Gasteiger partial charge < -0.3 is 19.5 Å². The van der Waals surface area contributed by atoms with E-state index >= 15 is 0 Å². The molecule has 3 rings (SSSR count). The van der Waals surface area contributed by atoms with Crippen LogP contribution in [-0.4, -0.2) is 41.6 Å². The molecule has 1 saturated heterocycles. The molecule has 1 aromatic carbocycles. The van der Waals surface area contributed by atoms with Gasteiger partial charge in [-0.3, -0.25) is 4.79 Å². The van der Waals surface area contributed by atoms with Crippen LogP contribution >= 0.6 is 35.6 Å². The number of nitrogens with one attached hydrogen (secondary N) is 1. The number of carbonyl (C=O) groups excluding carboxylic acids is 1. The Balaban J connectivity index is 0.00000225. The average molecular weight is 407 g/mol. The first-order valence-electron chi connectivity index (χ1n) is 7.60. The second-order valence-electron chi connectivity index (χ2n) is 5.57. The molecule has 136 valence electrons. The molecule has 1 fully saturated rings. The Morgan fingerprint density at radius 2 is 2.16 bits per heavy atom. The Morgan fingerprint density at radius 3 is 2.84 bits per heavy atom. The van der Waals surface area contributed by atoms with Gasteiger partial charge in [-0.15, -0.1) is 12.4 Å². The Hall–Kier alpha value is -1.47. The van der Waals surface area contributed by atoms with E-state index < -0.39 is 0 Å². The molecule has 9 heteroatoms. The first-order chi connectivity index (χ1) is 11.6. The van der Waals surface area contributed by atoms with Crippen molar-refractivity contribution < 1.29 is 14.1 Å². The number of amides is 1. The first kappa shape index (κ1) is 19.8. The molecule has 1 unspecified atom stereocenters. The molecule has 1 aliphatic rings. The lowest BCUT2D eigenvalue weighted by Gasteiger charge is -2.33. The summed E-state index contributed by atoms with van der Waals surface area (Å²) in [5.41, 5.74) is 0.271. The zero-order chi connectivity index (χ0) is 17.1. The number of hydrogen-bond donors (Lipinski definition) is 1. The molecular formula is C16H18Cl3N3O3. The van der Waals surface area contributed by atoms with Gasteiger partial charge in [-0.25, -0.2) is 0 Å². The highest BCUT2D eigenvalue weighted by molar-refractivity contribution is 6.37. The maximum Gasteiger partial charge on any atom is 0.276 e. The maximum atomic E-state index is 12.5. The molecule has 0 aliphatic carbocycles. The van der Waals surface area contributed by atoms with Crippen molar-refractivity contribution in [1.29, 1.82) is 0 Å². The summed E-state index contributed by atoms with van der Waals surface area (Å²) >= 11 is 12.1. The molecular weight excluding hydrogens is 389 g/mol. The van der Waals surface area contributed by atoms with E-state index in [-0.39, 0.29) is 36.7 Å². The molecule has 25 heavy (non-hydrogen) atoms. The van der Waals surface area contributed by atoms with Crippen LogP contribution in [0.25, 0.3) is 0 Å². The summed E-state index contributed by atoms with van der Waals surface area (Å²) in [6.45, 7) is 4.27. The highest BCUT2D eigenvalue weighted by Gasteiger charge is 2.26. The van der Waals surface area contributed by atoms with Crippen LogP contribution in [-0.2, 0) is 6.61 Å². The normalized spacial score (nSPS) is 17.1. The number of aromatic nitrogens is 1. The second-order valence-corrected chi connectivity index (χ2v) is 6.38. The number of para-hydroxylation sites is 1. The average Bonchev–Trinajstić information content (AvgIpc) is 3.03. The molecule has 0 radical (unpaired) electrons. The SMILES string of the molecule is CC1CNCCN1C(=O)c1cc(COc2c(Cl)cccc2Cl)on1.Cl. The standard InChI is InChI=1S/C16H17Cl2N3O3.ClH/c1-10-8-19-5-6-21(10)16(22)14-7-11(24-20-14)9-23-15-12(17)3-2-4-13(15)18;/h2-4,7,10,19H,5-6,8-9H2,1H3;1H. The third-order valence-electron chi connectivity index (χ3n) is 3.82. The summed E-state index contributed by atoms with van der Waals surface area (Å²) in [7, 11) is 0. The lowest BCUT2D eigenvalue weighted by molar-refractivity contribution is 0.0645. The Morgan fingerprint density at radius 1 is 1.44 bits per heavy atom. The Kier molecular flexibility index (Phi) is 6.95. The van der Waals surface area contributed by atoms with Crippen molar-refractivity contribution in [2.75, 3.05) is 19.6 Å². The maximum absolute atomic E-state index is 12.5. The first-order valence-corrected chi connectivity index (χ1v) is 8.36. The number of benzene rings is 1. The number of carbonyl (C=O) groups is 1. The van der Waals surface area contributed by atoms with Gasteiger partial charge in [0.25, 0.3) is 5.91 Å². The molecule has 1 aromatic heterocycles. The van der Waals surface area contributed by atoms with Crippen molar-refractivity contribution in [2.45, 2.75) is 19.6 Å². The highest BCUT2D eigenvalue weighted by atomic mass is 35.5. The summed E-state index contributed by atoms with van der Waals surface area (Å²) in [4.78, 5) is 14.3. The molecule has 2 aromatic rings. The van der Waals surface area contributed by atoms with Crippen LogP contribution in [0.15, 0.2) is 28.8 Å². The van der Waals surface area contributed by atoms with E-state index in [1.165, 1.54) is 0 Å². The van der Waals surface area contributed by atoms with E-state index in [1.807, 2.05) is 6.92 Å². The van der Waals surface area contributed by atoms with Crippen LogP contribution in [0.3, 0.4) is 0 Å². The van der Waals surface area contributed by atoms with Crippen molar-refractivity contribution in [2.24, 2.45) is 0 Å². The van der Waals surface area contributed by atoms with Crippen LogP contribution in [0.1, 0.15) is 23.2 Å². The van der Waals surface area contributed by atoms with E-state index in [2.05, 4.69) is 10.5 Å². The van der Waals surface area contributed by atoms with Crippen molar-refractivity contribution >= 4 is 41.5 Å². The monoisotopic (exact) mass is 405 g/mol. The Labute approximate surface area is 161 Å². The fourth-order valence-electron chi connectivity index (χ4n) is 2.54. The molecule has 1 N–H and O–H groups in total. The number of nitrogens with zero attached hydrogens (tertiary/aromatic N) is 2. The minimum atomic E-state index is -0.144. The van der Waals surface area contributed by atoms with Gasteiger partial charge in [0, 0.05) is 31.7 Å². The van der Waals surface area contributed by atoms with Crippen LogP contribution in [0, 0.1) is 0 Å². The fraction of sp³-hybridized carbons (Fsp3) is 0.375. The zero-order valence-corrected chi connectivity index (χ0v) is 15.8. The van der Waals surface area contributed by atoms with Crippen LogP contribution in [0.5, 0.6) is 5.75 Å². The highest BCUT2D eigenvalue weighted by Crippen LogP contribution is 2.32. The van der Waals surface area contributed by atoms with Gasteiger partial charge >= 0.3 is 0 Å². The van der Waals surface area contributed by atoms with Gasteiger partial charge in [-0.05, 0) is 19.1 Å². The number of ether oxygens (including phenoxy) is 1. The summed E-state index contributed by atoms with van der Waals surface area (Å²) in [5, 5.41) is 7.91. The zero-order valence-electron chi connectivity index (χ0n) is 13.5. The third-order valence-corrected chi connectivity index (χ3v) is 4.41. The lowest BCUT2D eigenvalue weighted by Crippen LogP contribution is -2.52. The largest absolute Gasteiger partial charge is 0.482 e. The minimum absolute atomic E-state index is 0. The summed E-state index contributed by atoms with van der Waals surface area (Å²) in [5.74, 6) is 0.660. The smallest absolute Gasteiger partial charge is 0.276 e. The summed E-state index contributed by atoms with van der Waals surface area (Å²) in [6.07, 6.45) is 0. The third kappa shape index (κ3) is 4.58. The van der Waals surface area contributed by atoms with Gasteiger partial charge in [-0.1, -0.05) is 34.4 Å². The summed E-state index contributed by atoms with van der Waals surface area (Å²) in [6, 6.07) is 6.80. The molecule has 0 bridgehead atoms. The number of rotatable bonds is 4.